The maximum atomic E-state index is 9.59. The van der Waals surface area contributed by atoms with Crippen molar-refractivity contribution in [3.63, 3.8) is 0 Å². The first kappa shape index (κ1) is 12.3. The van der Waals surface area contributed by atoms with Gasteiger partial charge in [0, 0.05) is 25.8 Å². The molecule has 0 bridgehead atoms. The van der Waals surface area contributed by atoms with Crippen LogP contribution in [0.3, 0.4) is 0 Å². The molecule has 0 spiro atoms. The summed E-state index contributed by atoms with van der Waals surface area (Å²) in [4.78, 5) is 9.06. The van der Waals surface area contributed by atoms with E-state index in [1.807, 2.05) is 12.1 Å². The Labute approximate surface area is 103 Å². The summed E-state index contributed by atoms with van der Waals surface area (Å²) in [5, 5.41) is 9.59. The monoisotopic (exact) mass is 235 g/mol. The second-order valence-electron chi connectivity index (χ2n) is 4.77. The van der Waals surface area contributed by atoms with Crippen LogP contribution in [0.4, 0.5) is 5.82 Å². The van der Waals surface area contributed by atoms with Gasteiger partial charge in [0.1, 0.15) is 5.82 Å². The average Bonchev–Trinajstić information content (AvgIpc) is 2.54. The Balaban J connectivity index is 2.13. The number of nitrogens with zero attached hydrogens (tertiary/aromatic N) is 3. The summed E-state index contributed by atoms with van der Waals surface area (Å²) in [6, 6.07) is 3.87. The van der Waals surface area contributed by atoms with Crippen LogP contribution < -0.4 is 4.90 Å². The van der Waals surface area contributed by atoms with Crippen LogP contribution >= 0.6 is 0 Å². The molecule has 1 atom stereocenters. The third-order valence-corrected chi connectivity index (χ3v) is 3.30. The first-order valence-corrected chi connectivity index (χ1v) is 6.24. The van der Waals surface area contributed by atoms with E-state index >= 15 is 0 Å². The van der Waals surface area contributed by atoms with E-state index in [1.165, 1.54) is 0 Å². The van der Waals surface area contributed by atoms with Gasteiger partial charge in [-0.2, -0.15) is 0 Å². The predicted molar refractivity (Wildman–Crippen MR) is 69.2 cm³/mol. The van der Waals surface area contributed by atoms with Crippen LogP contribution in [0.1, 0.15) is 25.0 Å². The molecule has 0 aliphatic carbocycles. The molecule has 1 aliphatic rings. The summed E-state index contributed by atoms with van der Waals surface area (Å²) in [7, 11) is 2.16. The fourth-order valence-electron chi connectivity index (χ4n) is 2.14. The molecular formula is C13H21N3O. The third-order valence-electron chi connectivity index (χ3n) is 3.30. The fourth-order valence-corrected chi connectivity index (χ4v) is 2.14. The molecule has 4 nitrogen and oxygen atoms in total. The lowest BCUT2D eigenvalue weighted by molar-refractivity contribution is 0.199. The summed E-state index contributed by atoms with van der Waals surface area (Å²) in [6.45, 7) is 6.05. The first-order chi connectivity index (χ1) is 8.16. The van der Waals surface area contributed by atoms with Crippen LogP contribution in [0.25, 0.3) is 0 Å². The Morgan fingerprint density at radius 2 is 2.12 bits per heavy atom. The van der Waals surface area contributed by atoms with Gasteiger partial charge in [0.15, 0.2) is 0 Å². The molecule has 4 heteroatoms. The van der Waals surface area contributed by atoms with E-state index in [4.69, 9.17) is 0 Å². The van der Waals surface area contributed by atoms with E-state index in [2.05, 4.69) is 21.8 Å². The van der Waals surface area contributed by atoms with Crippen LogP contribution in [-0.2, 0) is 0 Å². The number of hydrogen-bond donors (Lipinski definition) is 1. The molecule has 2 rings (SSSR count). The number of anilines is 1. The number of aromatic nitrogens is 1. The zero-order valence-corrected chi connectivity index (χ0v) is 10.6. The normalized spacial score (nSPS) is 20.1. The fraction of sp³-hybridized carbons (Fsp3) is 0.615. The number of pyridine rings is 1. The average molecular weight is 235 g/mol. The molecule has 1 aliphatic heterocycles. The van der Waals surface area contributed by atoms with Gasteiger partial charge in [0.25, 0.3) is 0 Å². The van der Waals surface area contributed by atoms with Crippen molar-refractivity contribution in [3.8, 4) is 0 Å². The molecule has 17 heavy (non-hydrogen) atoms. The summed E-state index contributed by atoms with van der Waals surface area (Å²) in [5.74, 6) is 0.985. The Bertz CT molecular complexity index is 367. The SMILES string of the molecule is CC(O)c1ccnc(N2CCCN(C)CC2)c1. The van der Waals surface area contributed by atoms with Crippen LogP contribution in [-0.4, -0.2) is 48.2 Å². The number of aliphatic hydroxyl groups excluding tert-OH is 1. The molecule has 1 fully saturated rings. The Kier molecular flexibility index (Phi) is 3.97. The molecule has 0 saturated carbocycles. The van der Waals surface area contributed by atoms with Gasteiger partial charge >= 0.3 is 0 Å². The molecule has 94 valence electrons. The Hall–Kier alpha value is -1.13. The topological polar surface area (TPSA) is 39.6 Å². The summed E-state index contributed by atoms with van der Waals surface area (Å²) < 4.78 is 0. The van der Waals surface area contributed by atoms with E-state index in [-0.39, 0.29) is 0 Å². The van der Waals surface area contributed by atoms with Crippen LogP contribution in [0.15, 0.2) is 18.3 Å². The summed E-state index contributed by atoms with van der Waals surface area (Å²) in [5.41, 5.74) is 0.938. The Morgan fingerprint density at radius 3 is 2.88 bits per heavy atom. The zero-order chi connectivity index (χ0) is 12.3. The lowest BCUT2D eigenvalue weighted by atomic mass is 10.1. The highest BCUT2D eigenvalue weighted by Gasteiger charge is 2.14. The summed E-state index contributed by atoms with van der Waals surface area (Å²) in [6.07, 6.45) is 2.52. The highest BCUT2D eigenvalue weighted by Crippen LogP contribution is 2.18. The van der Waals surface area contributed by atoms with Gasteiger partial charge in [-0.15, -0.1) is 0 Å². The minimum Gasteiger partial charge on any atom is -0.389 e. The number of aliphatic hydroxyl groups is 1. The van der Waals surface area contributed by atoms with E-state index in [1.54, 1.807) is 13.1 Å². The standard InChI is InChI=1S/C13H21N3O/c1-11(17)12-4-5-14-13(10-12)16-7-3-6-15(2)8-9-16/h4-5,10-11,17H,3,6-9H2,1-2H3. The quantitative estimate of drug-likeness (QED) is 0.838. The van der Waals surface area contributed by atoms with Crippen molar-refractivity contribution in [2.75, 3.05) is 38.1 Å². The van der Waals surface area contributed by atoms with Gasteiger partial charge in [-0.05, 0) is 44.6 Å². The molecule has 0 amide bonds. The highest BCUT2D eigenvalue weighted by atomic mass is 16.3. The van der Waals surface area contributed by atoms with Crippen LogP contribution in [0.5, 0.6) is 0 Å². The van der Waals surface area contributed by atoms with Crippen molar-refractivity contribution < 1.29 is 5.11 Å². The second kappa shape index (κ2) is 5.47. The van der Waals surface area contributed by atoms with Crippen molar-refractivity contribution in [2.45, 2.75) is 19.4 Å². The molecule has 1 aromatic rings. The number of hydrogen-bond acceptors (Lipinski definition) is 4. The van der Waals surface area contributed by atoms with Crippen LogP contribution in [0, 0.1) is 0 Å². The minimum atomic E-state index is -0.425. The van der Waals surface area contributed by atoms with Gasteiger partial charge in [-0.25, -0.2) is 4.98 Å². The number of rotatable bonds is 2. The molecule has 0 aromatic carbocycles. The van der Waals surface area contributed by atoms with Gasteiger partial charge in [-0.1, -0.05) is 0 Å². The molecule has 1 N–H and O–H groups in total. The number of likely N-dealkylation sites (N-methyl/N-ethyl adjacent to an activating group) is 1. The summed E-state index contributed by atoms with van der Waals surface area (Å²) >= 11 is 0. The largest absolute Gasteiger partial charge is 0.389 e. The molecule has 1 unspecified atom stereocenters. The molecule has 0 radical (unpaired) electrons. The lowest BCUT2D eigenvalue weighted by Crippen LogP contribution is -2.29. The smallest absolute Gasteiger partial charge is 0.128 e. The van der Waals surface area contributed by atoms with Crippen molar-refractivity contribution in [1.29, 1.82) is 0 Å². The second-order valence-corrected chi connectivity index (χ2v) is 4.77. The Morgan fingerprint density at radius 1 is 1.29 bits per heavy atom. The van der Waals surface area contributed by atoms with E-state index < -0.39 is 6.10 Å². The van der Waals surface area contributed by atoms with E-state index in [9.17, 15) is 5.11 Å². The maximum Gasteiger partial charge on any atom is 0.128 e. The van der Waals surface area contributed by atoms with Crippen molar-refractivity contribution in [1.82, 2.24) is 9.88 Å². The van der Waals surface area contributed by atoms with Gasteiger partial charge < -0.3 is 14.9 Å². The van der Waals surface area contributed by atoms with Crippen molar-refractivity contribution in [3.05, 3.63) is 23.9 Å². The predicted octanol–water partition coefficient (Wildman–Crippen LogP) is 1.28. The molecule has 1 aromatic heterocycles. The van der Waals surface area contributed by atoms with Gasteiger partial charge in [0.05, 0.1) is 6.10 Å². The lowest BCUT2D eigenvalue weighted by Gasteiger charge is -2.22. The van der Waals surface area contributed by atoms with E-state index in [0.29, 0.717) is 0 Å². The van der Waals surface area contributed by atoms with Gasteiger partial charge in [0.2, 0.25) is 0 Å². The van der Waals surface area contributed by atoms with Crippen molar-refractivity contribution in [2.24, 2.45) is 0 Å². The van der Waals surface area contributed by atoms with Crippen molar-refractivity contribution >= 4 is 5.82 Å². The van der Waals surface area contributed by atoms with Gasteiger partial charge in [-0.3, -0.25) is 0 Å². The maximum absolute atomic E-state index is 9.59. The third kappa shape index (κ3) is 3.17. The highest BCUT2D eigenvalue weighted by molar-refractivity contribution is 5.41. The first-order valence-electron chi connectivity index (χ1n) is 6.24. The molecular weight excluding hydrogens is 214 g/mol. The molecule has 1 saturated heterocycles. The minimum absolute atomic E-state index is 0.425. The van der Waals surface area contributed by atoms with E-state index in [0.717, 1.165) is 44.0 Å². The zero-order valence-electron chi connectivity index (χ0n) is 10.6. The molecule has 2 heterocycles. The van der Waals surface area contributed by atoms with Crippen LogP contribution in [0.2, 0.25) is 0 Å².